The molecule has 88 valence electrons. The van der Waals surface area contributed by atoms with Gasteiger partial charge in [0.15, 0.2) is 0 Å². The van der Waals surface area contributed by atoms with Gasteiger partial charge >= 0.3 is 0 Å². The van der Waals surface area contributed by atoms with Crippen LogP contribution in [0.3, 0.4) is 0 Å². The molecule has 0 aliphatic heterocycles. The molecule has 17 heavy (non-hydrogen) atoms. The molecule has 0 unspecified atom stereocenters. The fourth-order valence-corrected chi connectivity index (χ4v) is 1.81. The lowest BCUT2D eigenvalue weighted by atomic mass is 10.2. The third-order valence-electron chi connectivity index (χ3n) is 2.25. The highest BCUT2D eigenvalue weighted by Gasteiger charge is 2.03. The highest BCUT2D eigenvalue weighted by atomic mass is 35.5. The van der Waals surface area contributed by atoms with Gasteiger partial charge in [0.1, 0.15) is 6.61 Å². The summed E-state index contributed by atoms with van der Waals surface area (Å²) in [6, 6.07) is 13.4. The Morgan fingerprint density at radius 1 is 1.06 bits per heavy atom. The first-order valence-corrected chi connectivity index (χ1v) is 6.09. The maximum absolute atomic E-state index is 5.91. The minimum Gasteiger partial charge on any atom is -0.473 e. The zero-order valence-electron chi connectivity index (χ0n) is 9.07. The first-order chi connectivity index (χ1) is 8.29. The summed E-state index contributed by atoms with van der Waals surface area (Å²) < 4.78 is 5.56. The van der Waals surface area contributed by atoms with E-state index in [9.17, 15) is 0 Å². The summed E-state index contributed by atoms with van der Waals surface area (Å²) in [5, 5.41) is 0.562. The standard InChI is InChI=1S/C13H11Cl2NO/c14-8-12-11(15)6-7-13(16-12)17-9-10-4-2-1-3-5-10/h1-7H,8-9H2. The highest BCUT2D eigenvalue weighted by Crippen LogP contribution is 2.20. The Labute approximate surface area is 110 Å². The maximum Gasteiger partial charge on any atom is 0.213 e. The van der Waals surface area contributed by atoms with Crippen molar-refractivity contribution < 1.29 is 4.74 Å². The monoisotopic (exact) mass is 267 g/mol. The number of pyridine rings is 1. The van der Waals surface area contributed by atoms with Gasteiger partial charge in [-0.2, -0.15) is 0 Å². The first-order valence-electron chi connectivity index (χ1n) is 5.17. The van der Waals surface area contributed by atoms with E-state index < -0.39 is 0 Å². The van der Waals surface area contributed by atoms with Crippen LogP contribution in [0.5, 0.6) is 5.88 Å². The molecule has 0 atom stereocenters. The first kappa shape index (κ1) is 12.2. The minimum atomic E-state index is 0.279. The van der Waals surface area contributed by atoms with Crippen molar-refractivity contribution in [2.24, 2.45) is 0 Å². The number of alkyl halides is 1. The Morgan fingerprint density at radius 3 is 2.53 bits per heavy atom. The Hall–Kier alpha value is -1.25. The smallest absolute Gasteiger partial charge is 0.213 e. The number of benzene rings is 1. The molecule has 0 aliphatic rings. The van der Waals surface area contributed by atoms with E-state index in [2.05, 4.69) is 4.98 Å². The summed E-state index contributed by atoms with van der Waals surface area (Å²) in [6.45, 7) is 0.483. The van der Waals surface area contributed by atoms with Crippen LogP contribution in [0.4, 0.5) is 0 Å². The molecule has 0 amide bonds. The summed E-state index contributed by atoms with van der Waals surface area (Å²) in [5.74, 6) is 0.815. The van der Waals surface area contributed by atoms with Crippen LogP contribution >= 0.6 is 23.2 Å². The van der Waals surface area contributed by atoms with E-state index in [0.717, 1.165) is 5.56 Å². The Morgan fingerprint density at radius 2 is 1.82 bits per heavy atom. The van der Waals surface area contributed by atoms with Crippen molar-refractivity contribution in [2.75, 3.05) is 0 Å². The molecule has 0 spiro atoms. The summed E-state index contributed by atoms with van der Waals surface area (Å²) in [4.78, 5) is 4.22. The van der Waals surface area contributed by atoms with Gasteiger partial charge in [-0.25, -0.2) is 4.98 Å². The molecule has 1 aromatic heterocycles. The van der Waals surface area contributed by atoms with Crippen molar-refractivity contribution >= 4 is 23.2 Å². The number of rotatable bonds is 4. The van der Waals surface area contributed by atoms with Crippen LogP contribution in [0.2, 0.25) is 5.02 Å². The van der Waals surface area contributed by atoms with Crippen LogP contribution in [0.1, 0.15) is 11.3 Å². The molecule has 0 radical (unpaired) electrons. The lowest BCUT2D eigenvalue weighted by molar-refractivity contribution is 0.293. The van der Waals surface area contributed by atoms with Crippen molar-refractivity contribution in [1.29, 1.82) is 0 Å². The van der Waals surface area contributed by atoms with Crippen molar-refractivity contribution in [1.82, 2.24) is 4.98 Å². The van der Waals surface area contributed by atoms with Crippen LogP contribution in [0, 0.1) is 0 Å². The molecular weight excluding hydrogens is 257 g/mol. The number of halogens is 2. The van der Waals surface area contributed by atoms with Gasteiger partial charge in [0.25, 0.3) is 0 Å². The van der Waals surface area contributed by atoms with Gasteiger partial charge in [-0.05, 0) is 11.6 Å². The molecule has 2 aromatic rings. The molecule has 1 aromatic carbocycles. The largest absolute Gasteiger partial charge is 0.473 e. The molecule has 4 heteroatoms. The maximum atomic E-state index is 5.91. The topological polar surface area (TPSA) is 22.1 Å². The second-order valence-corrected chi connectivity index (χ2v) is 4.16. The average molecular weight is 268 g/mol. The van der Waals surface area contributed by atoms with E-state index in [0.29, 0.717) is 23.2 Å². The SMILES string of the molecule is ClCc1nc(OCc2ccccc2)ccc1Cl. The van der Waals surface area contributed by atoms with Gasteiger partial charge in [-0.3, -0.25) is 0 Å². The number of ether oxygens (including phenoxy) is 1. The predicted octanol–water partition coefficient (Wildman–Crippen LogP) is 4.05. The number of nitrogens with zero attached hydrogens (tertiary/aromatic N) is 1. The van der Waals surface area contributed by atoms with Gasteiger partial charge in [0.05, 0.1) is 16.6 Å². The number of aromatic nitrogens is 1. The molecular formula is C13H11Cl2NO. The number of hydrogen-bond donors (Lipinski definition) is 0. The fourth-order valence-electron chi connectivity index (χ4n) is 1.37. The van der Waals surface area contributed by atoms with E-state index >= 15 is 0 Å². The summed E-state index contributed by atoms with van der Waals surface area (Å²) in [6.07, 6.45) is 0. The van der Waals surface area contributed by atoms with Crippen LogP contribution in [0.25, 0.3) is 0 Å². The van der Waals surface area contributed by atoms with Crippen LogP contribution in [0.15, 0.2) is 42.5 Å². The van der Waals surface area contributed by atoms with E-state index in [1.165, 1.54) is 0 Å². The van der Waals surface area contributed by atoms with Gasteiger partial charge in [0.2, 0.25) is 5.88 Å². The normalized spacial score (nSPS) is 10.2. The molecule has 0 saturated carbocycles. The zero-order chi connectivity index (χ0) is 12.1. The van der Waals surface area contributed by atoms with Crippen molar-refractivity contribution in [3.05, 3.63) is 58.7 Å². The van der Waals surface area contributed by atoms with Gasteiger partial charge in [-0.15, -0.1) is 11.6 Å². The molecule has 0 bridgehead atoms. The molecule has 0 N–H and O–H groups in total. The Balaban J connectivity index is 2.04. The molecule has 0 saturated heterocycles. The number of hydrogen-bond acceptors (Lipinski definition) is 2. The van der Waals surface area contributed by atoms with Crippen molar-refractivity contribution in [3.63, 3.8) is 0 Å². The van der Waals surface area contributed by atoms with E-state index in [4.69, 9.17) is 27.9 Å². The second-order valence-electron chi connectivity index (χ2n) is 3.49. The Kier molecular flexibility index (Phi) is 4.24. The highest BCUT2D eigenvalue weighted by molar-refractivity contribution is 6.32. The minimum absolute atomic E-state index is 0.279. The molecule has 2 rings (SSSR count). The van der Waals surface area contributed by atoms with E-state index in [1.54, 1.807) is 12.1 Å². The van der Waals surface area contributed by atoms with Gasteiger partial charge < -0.3 is 4.74 Å². The summed E-state index contributed by atoms with van der Waals surface area (Å²) in [7, 11) is 0. The van der Waals surface area contributed by atoms with Gasteiger partial charge in [0, 0.05) is 6.07 Å². The molecule has 1 heterocycles. The summed E-state index contributed by atoms with van der Waals surface area (Å²) >= 11 is 11.6. The van der Waals surface area contributed by atoms with Crippen LogP contribution in [-0.2, 0) is 12.5 Å². The predicted molar refractivity (Wildman–Crippen MR) is 69.6 cm³/mol. The molecule has 0 fully saturated rings. The van der Waals surface area contributed by atoms with Crippen molar-refractivity contribution in [3.8, 4) is 5.88 Å². The van der Waals surface area contributed by atoms with E-state index in [-0.39, 0.29) is 5.88 Å². The second kappa shape index (κ2) is 5.89. The average Bonchev–Trinajstić information content (AvgIpc) is 2.39. The van der Waals surface area contributed by atoms with E-state index in [1.807, 2.05) is 30.3 Å². The van der Waals surface area contributed by atoms with Crippen LogP contribution < -0.4 is 4.74 Å². The summed E-state index contributed by atoms with van der Waals surface area (Å²) in [5.41, 5.74) is 1.73. The fraction of sp³-hybridized carbons (Fsp3) is 0.154. The van der Waals surface area contributed by atoms with Crippen molar-refractivity contribution in [2.45, 2.75) is 12.5 Å². The Bertz CT molecular complexity index is 488. The molecule has 2 nitrogen and oxygen atoms in total. The third kappa shape index (κ3) is 3.35. The zero-order valence-corrected chi connectivity index (χ0v) is 10.6. The molecule has 0 aliphatic carbocycles. The van der Waals surface area contributed by atoms with Gasteiger partial charge in [-0.1, -0.05) is 41.9 Å². The quantitative estimate of drug-likeness (QED) is 0.780. The lowest BCUT2D eigenvalue weighted by Gasteiger charge is -2.07. The lowest BCUT2D eigenvalue weighted by Crippen LogP contribution is -1.98. The third-order valence-corrected chi connectivity index (χ3v) is 2.85. The van der Waals surface area contributed by atoms with Crippen LogP contribution in [-0.4, -0.2) is 4.98 Å².